The number of nitrogens with two attached hydrogens (primary N) is 1. The number of aryl methyl sites for hydroxylation is 1. The summed E-state index contributed by atoms with van der Waals surface area (Å²) in [4.78, 5) is 13.4. The first-order valence-electron chi connectivity index (χ1n) is 13.8. The third-order valence-corrected chi connectivity index (χ3v) is 7.22. The molecule has 3 N–H and O–H groups in total. The van der Waals surface area contributed by atoms with Crippen LogP contribution in [0.4, 0.5) is 5.95 Å². The normalized spacial score (nSPS) is 13.5. The average molecular weight is 520 g/mol. The maximum absolute atomic E-state index is 5.52. The molecule has 3 aromatic heterocycles. The van der Waals surface area contributed by atoms with E-state index in [1.54, 1.807) is 6.20 Å². The fourth-order valence-electron chi connectivity index (χ4n) is 5.25. The number of hydrogen-bond acceptors (Lipinski definition) is 6. The van der Waals surface area contributed by atoms with Crippen LogP contribution in [-0.2, 0) is 13.6 Å². The summed E-state index contributed by atoms with van der Waals surface area (Å²) in [5, 5.41) is 9.32. The molecule has 0 unspecified atom stereocenters. The van der Waals surface area contributed by atoms with Crippen molar-refractivity contribution in [2.24, 2.45) is 12.8 Å². The molecule has 6 rings (SSSR count). The molecule has 1 fully saturated rings. The molecule has 7 nitrogen and oxygen atoms in total. The molecule has 5 aromatic rings. The summed E-state index contributed by atoms with van der Waals surface area (Å²) in [6.45, 7) is 5.00. The molecule has 7 heteroatoms. The van der Waals surface area contributed by atoms with Crippen molar-refractivity contribution in [1.29, 1.82) is 0 Å². The van der Waals surface area contributed by atoms with Gasteiger partial charge in [-0.1, -0.05) is 63.1 Å². The zero-order valence-corrected chi connectivity index (χ0v) is 23.0. The van der Waals surface area contributed by atoms with E-state index >= 15 is 0 Å². The van der Waals surface area contributed by atoms with Crippen molar-refractivity contribution in [3.8, 4) is 22.5 Å². The van der Waals surface area contributed by atoms with Crippen molar-refractivity contribution >= 4 is 16.9 Å². The second-order valence-corrected chi connectivity index (χ2v) is 10.4. The van der Waals surface area contributed by atoms with Gasteiger partial charge in [-0.25, -0.2) is 9.97 Å². The van der Waals surface area contributed by atoms with Crippen molar-refractivity contribution in [3.63, 3.8) is 0 Å². The largest absolute Gasteiger partial charge is 0.351 e. The second kappa shape index (κ2) is 12.2. The highest BCUT2D eigenvalue weighted by molar-refractivity contribution is 5.86. The number of hydrogen-bond donors (Lipinski definition) is 2. The Bertz CT molecular complexity index is 1500. The molecule has 0 radical (unpaired) electrons. The van der Waals surface area contributed by atoms with Gasteiger partial charge in [0.15, 0.2) is 0 Å². The van der Waals surface area contributed by atoms with Gasteiger partial charge in [-0.2, -0.15) is 5.10 Å². The van der Waals surface area contributed by atoms with Gasteiger partial charge in [0.25, 0.3) is 0 Å². The quantitative estimate of drug-likeness (QED) is 0.259. The van der Waals surface area contributed by atoms with E-state index in [9.17, 15) is 0 Å². The van der Waals surface area contributed by atoms with Gasteiger partial charge in [0.1, 0.15) is 0 Å². The Labute approximate surface area is 230 Å². The molecule has 0 saturated heterocycles. The van der Waals surface area contributed by atoms with Crippen LogP contribution in [0.3, 0.4) is 0 Å². The van der Waals surface area contributed by atoms with E-state index in [-0.39, 0.29) is 0 Å². The first-order chi connectivity index (χ1) is 19.0. The lowest BCUT2D eigenvalue weighted by atomic mass is 10.0. The number of rotatable bonds is 6. The Balaban J connectivity index is 0.000000186. The molecule has 39 heavy (non-hydrogen) atoms. The number of benzene rings is 2. The summed E-state index contributed by atoms with van der Waals surface area (Å²) in [5.41, 5.74) is 13.2. The molecule has 0 atom stereocenters. The fourth-order valence-corrected chi connectivity index (χ4v) is 5.25. The van der Waals surface area contributed by atoms with Gasteiger partial charge in [-0.15, -0.1) is 0 Å². The van der Waals surface area contributed by atoms with E-state index in [4.69, 9.17) is 10.7 Å². The predicted molar refractivity (Wildman–Crippen MR) is 159 cm³/mol. The highest BCUT2D eigenvalue weighted by Gasteiger charge is 2.17. The first-order valence-corrected chi connectivity index (χ1v) is 13.8. The fraction of sp³-hybridized carbons (Fsp3) is 0.312. The number of nitrogens with zero attached hydrogens (tertiary/aromatic N) is 5. The molecule has 0 aliphatic heterocycles. The lowest BCUT2D eigenvalue weighted by Gasteiger charge is -2.12. The van der Waals surface area contributed by atoms with Gasteiger partial charge < -0.3 is 11.1 Å². The Morgan fingerprint density at radius 3 is 2.36 bits per heavy atom. The average Bonchev–Trinajstić information content (AvgIpc) is 3.60. The Kier molecular flexibility index (Phi) is 8.27. The predicted octanol–water partition coefficient (Wildman–Crippen LogP) is 6.72. The molecular formula is C32H37N7. The van der Waals surface area contributed by atoms with Gasteiger partial charge in [-0.3, -0.25) is 9.67 Å². The highest BCUT2D eigenvalue weighted by Crippen LogP contribution is 2.29. The van der Waals surface area contributed by atoms with Crippen molar-refractivity contribution in [3.05, 3.63) is 90.4 Å². The highest BCUT2D eigenvalue weighted by atomic mass is 15.3. The summed E-state index contributed by atoms with van der Waals surface area (Å²) in [7, 11) is 2.02. The summed E-state index contributed by atoms with van der Waals surface area (Å²) in [5.74, 6) is 1.16. The van der Waals surface area contributed by atoms with Crippen LogP contribution in [-0.4, -0.2) is 30.8 Å². The smallest absolute Gasteiger partial charge is 0.223 e. The van der Waals surface area contributed by atoms with Crippen LogP contribution >= 0.6 is 0 Å². The maximum atomic E-state index is 5.52. The zero-order valence-electron chi connectivity index (χ0n) is 23.0. The van der Waals surface area contributed by atoms with Crippen LogP contribution in [0.25, 0.3) is 33.4 Å². The van der Waals surface area contributed by atoms with Crippen molar-refractivity contribution in [2.75, 3.05) is 5.32 Å². The van der Waals surface area contributed by atoms with E-state index < -0.39 is 0 Å². The van der Waals surface area contributed by atoms with Gasteiger partial charge in [0, 0.05) is 54.2 Å². The maximum Gasteiger partial charge on any atom is 0.223 e. The van der Waals surface area contributed by atoms with Gasteiger partial charge in [0.2, 0.25) is 5.95 Å². The van der Waals surface area contributed by atoms with Gasteiger partial charge >= 0.3 is 0 Å². The van der Waals surface area contributed by atoms with Gasteiger partial charge in [-0.05, 0) is 54.7 Å². The molecule has 200 valence electrons. The molecule has 0 amide bonds. The molecule has 1 aliphatic rings. The minimum absolute atomic E-state index is 0.426. The molecule has 2 aromatic carbocycles. The molecule has 1 saturated carbocycles. The van der Waals surface area contributed by atoms with Crippen molar-refractivity contribution < 1.29 is 0 Å². The Morgan fingerprint density at radius 2 is 1.67 bits per heavy atom. The standard InChI is InChI=1S/C20H25N5.C12H12N2/c1-13(2)19-16-12-14(8-9-18(16)24-25(19)3)17-10-11-21-20(23-17)22-15-6-4-5-7-15;13-9-10-4-6-11(7-5-10)12-3-1-2-8-14-12/h8-13,15H,4-7H2,1-3H3,(H,21,22,23);1-8H,9,13H2. The van der Waals surface area contributed by atoms with Crippen LogP contribution in [0.15, 0.2) is 79.1 Å². The Morgan fingerprint density at radius 1 is 0.897 bits per heavy atom. The Hall–Kier alpha value is -4.10. The van der Waals surface area contributed by atoms with E-state index in [0.29, 0.717) is 18.5 Å². The molecule has 3 heterocycles. The van der Waals surface area contributed by atoms with Gasteiger partial charge in [0.05, 0.1) is 16.9 Å². The van der Waals surface area contributed by atoms with E-state index in [1.165, 1.54) is 36.8 Å². The van der Waals surface area contributed by atoms with Crippen LogP contribution in [0.5, 0.6) is 0 Å². The van der Waals surface area contributed by atoms with E-state index in [0.717, 1.165) is 39.5 Å². The van der Waals surface area contributed by atoms with Crippen LogP contribution in [0, 0.1) is 0 Å². The van der Waals surface area contributed by atoms with E-state index in [2.05, 4.69) is 52.4 Å². The zero-order chi connectivity index (χ0) is 27.2. The monoisotopic (exact) mass is 519 g/mol. The van der Waals surface area contributed by atoms with Crippen molar-refractivity contribution in [1.82, 2.24) is 24.7 Å². The van der Waals surface area contributed by atoms with E-state index in [1.807, 2.05) is 66.5 Å². The van der Waals surface area contributed by atoms with Crippen LogP contribution in [0.1, 0.15) is 56.7 Å². The molecular weight excluding hydrogens is 482 g/mol. The number of nitrogens with one attached hydrogen (secondary N) is 1. The molecule has 1 aliphatic carbocycles. The number of pyridine rings is 1. The third kappa shape index (κ3) is 6.32. The SMILES string of the molecule is CC(C)c1c2cc(-c3ccnc(NC4CCCC4)n3)ccc2nn1C.NCc1ccc(-c2ccccn2)cc1. The number of aromatic nitrogens is 5. The van der Waals surface area contributed by atoms with Crippen LogP contribution < -0.4 is 11.1 Å². The minimum Gasteiger partial charge on any atom is -0.351 e. The summed E-state index contributed by atoms with van der Waals surface area (Å²) in [6.07, 6.45) is 8.67. The molecule has 0 spiro atoms. The topological polar surface area (TPSA) is 94.5 Å². The lowest BCUT2D eigenvalue weighted by molar-refractivity contribution is 0.677. The summed E-state index contributed by atoms with van der Waals surface area (Å²) < 4.78 is 1.99. The summed E-state index contributed by atoms with van der Waals surface area (Å²) in [6, 6.07) is 22.9. The first kappa shape index (κ1) is 26.5. The van der Waals surface area contributed by atoms with Crippen molar-refractivity contribution in [2.45, 2.75) is 58.0 Å². The summed E-state index contributed by atoms with van der Waals surface area (Å²) >= 11 is 0. The third-order valence-electron chi connectivity index (χ3n) is 7.22. The number of anilines is 1. The second-order valence-electron chi connectivity index (χ2n) is 10.4. The minimum atomic E-state index is 0.426. The van der Waals surface area contributed by atoms with Crippen LogP contribution in [0.2, 0.25) is 0 Å². The lowest BCUT2D eigenvalue weighted by Crippen LogP contribution is -2.16. The number of fused-ring (bicyclic) bond motifs is 1. The molecule has 0 bridgehead atoms.